The number of nitrogens with zero attached hydrogens (tertiary/aromatic N) is 2. The second kappa shape index (κ2) is 2.03. The lowest BCUT2D eigenvalue weighted by Crippen LogP contribution is -2.19. The van der Waals surface area contributed by atoms with Crippen molar-refractivity contribution in [2.45, 2.75) is 6.42 Å². The summed E-state index contributed by atoms with van der Waals surface area (Å²) >= 11 is 0. The minimum atomic E-state index is 0.994. The first kappa shape index (κ1) is 5.41. The Balaban J connectivity index is 2.45. The molecule has 0 bridgehead atoms. The third kappa shape index (κ3) is 0.911. The molecule has 0 spiro atoms. The summed E-state index contributed by atoms with van der Waals surface area (Å²) in [5.41, 5.74) is 2.90. The smallest absolute Gasteiger partial charge is 0.126 e. The molecule has 46 valence electrons. The first-order valence-electron chi connectivity index (χ1n) is 2.77. The molecule has 0 amide bonds. The maximum atomic E-state index is 4.03. The second-order valence-electron chi connectivity index (χ2n) is 2.08. The Hall–Kier alpha value is -0.730. The van der Waals surface area contributed by atoms with Crippen LogP contribution in [0.5, 0.6) is 0 Å². The monoisotopic (exact) mass is 113 g/mol. The highest BCUT2D eigenvalue weighted by Gasteiger charge is 2.05. The Morgan fingerprint density at radius 1 is 1.62 bits per heavy atom. The molecule has 1 N–H and O–H groups in total. The molecule has 0 saturated heterocycles. The summed E-state index contributed by atoms with van der Waals surface area (Å²) < 4.78 is 0. The van der Waals surface area contributed by atoms with Gasteiger partial charge in [0.2, 0.25) is 0 Å². The molecule has 0 aromatic rings. The van der Waals surface area contributed by atoms with Crippen molar-refractivity contribution >= 4 is 5.84 Å². The summed E-state index contributed by atoms with van der Waals surface area (Å²) in [4.78, 5) is 2.03. The van der Waals surface area contributed by atoms with E-state index in [0.29, 0.717) is 0 Å². The predicted octanol–water partition coefficient (Wildman–Crippen LogP) is -0.145. The van der Waals surface area contributed by atoms with E-state index in [1.54, 1.807) is 0 Å². The Kier molecular flexibility index (Phi) is 1.37. The molecule has 0 aromatic heterocycles. The summed E-state index contributed by atoms with van der Waals surface area (Å²) in [6.45, 7) is 0.994. The van der Waals surface area contributed by atoms with Gasteiger partial charge in [0.1, 0.15) is 5.84 Å². The summed E-state index contributed by atoms with van der Waals surface area (Å²) in [5, 5.41) is 4.03. The maximum Gasteiger partial charge on any atom is 0.126 e. The highest BCUT2D eigenvalue weighted by atomic mass is 15.4. The van der Waals surface area contributed by atoms with E-state index in [1.165, 1.54) is 0 Å². The van der Waals surface area contributed by atoms with Gasteiger partial charge in [-0.3, -0.25) is 0 Å². The van der Waals surface area contributed by atoms with E-state index in [1.807, 2.05) is 19.0 Å². The van der Waals surface area contributed by atoms with Crippen LogP contribution < -0.4 is 5.43 Å². The molecule has 0 unspecified atom stereocenters. The summed E-state index contributed by atoms with van der Waals surface area (Å²) in [5.74, 6) is 1.14. The third-order valence-corrected chi connectivity index (χ3v) is 1.18. The largest absolute Gasteiger partial charge is 0.365 e. The van der Waals surface area contributed by atoms with E-state index >= 15 is 0 Å². The van der Waals surface area contributed by atoms with Crippen molar-refractivity contribution in [3.8, 4) is 0 Å². The van der Waals surface area contributed by atoms with Gasteiger partial charge in [-0.05, 0) is 0 Å². The highest BCUT2D eigenvalue weighted by Crippen LogP contribution is 1.94. The van der Waals surface area contributed by atoms with Gasteiger partial charge in [0.05, 0.1) is 0 Å². The molecule has 0 saturated carbocycles. The fourth-order valence-corrected chi connectivity index (χ4v) is 0.694. The van der Waals surface area contributed by atoms with Crippen molar-refractivity contribution in [2.75, 3.05) is 20.6 Å². The van der Waals surface area contributed by atoms with Crippen LogP contribution in [0.2, 0.25) is 0 Å². The van der Waals surface area contributed by atoms with Crippen molar-refractivity contribution in [3.05, 3.63) is 0 Å². The van der Waals surface area contributed by atoms with E-state index in [2.05, 4.69) is 10.5 Å². The Morgan fingerprint density at radius 3 is 2.62 bits per heavy atom. The molecule has 0 radical (unpaired) electrons. The normalized spacial score (nSPS) is 17.5. The van der Waals surface area contributed by atoms with Gasteiger partial charge in [0, 0.05) is 27.1 Å². The third-order valence-electron chi connectivity index (χ3n) is 1.18. The SMILES string of the molecule is CN(C)C1=NNCC1. The molecular weight excluding hydrogens is 102 g/mol. The van der Waals surface area contributed by atoms with Gasteiger partial charge in [-0.15, -0.1) is 0 Å². The van der Waals surface area contributed by atoms with E-state index in [9.17, 15) is 0 Å². The molecule has 1 aliphatic heterocycles. The molecule has 3 nitrogen and oxygen atoms in total. The molecule has 0 fully saturated rings. The van der Waals surface area contributed by atoms with Crippen molar-refractivity contribution in [1.29, 1.82) is 0 Å². The van der Waals surface area contributed by atoms with Crippen LogP contribution in [0.3, 0.4) is 0 Å². The van der Waals surface area contributed by atoms with Crippen LogP contribution in [0.25, 0.3) is 0 Å². The molecule has 0 aliphatic carbocycles. The van der Waals surface area contributed by atoms with Crippen molar-refractivity contribution in [1.82, 2.24) is 10.3 Å². The van der Waals surface area contributed by atoms with E-state index in [4.69, 9.17) is 0 Å². The lowest BCUT2D eigenvalue weighted by Gasteiger charge is -2.08. The number of hydrogen-bond donors (Lipinski definition) is 1. The van der Waals surface area contributed by atoms with Crippen LogP contribution in [0.1, 0.15) is 6.42 Å². The van der Waals surface area contributed by atoms with Crippen LogP contribution in [-0.4, -0.2) is 31.4 Å². The standard InChI is InChI=1S/C5H11N3/c1-8(2)5-3-4-6-7-5/h6H,3-4H2,1-2H3. The van der Waals surface area contributed by atoms with Gasteiger partial charge >= 0.3 is 0 Å². The lowest BCUT2D eigenvalue weighted by molar-refractivity contribution is 0.612. The van der Waals surface area contributed by atoms with Crippen molar-refractivity contribution in [3.63, 3.8) is 0 Å². The van der Waals surface area contributed by atoms with Crippen LogP contribution in [0.4, 0.5) is 0 Å². The molecule has 8 heavy (non-hydrogen) atoms. The molecule has 1 heterocycles. The first-order valence-corrected chi connectivity index (χ1v) is 2.77. The van der Waals surface area contributed by atoms with Gasteiger partial charge in [0.25, 0.3) is 0 Å². The van der Waals surface area contributed by atoms with Crippen molar-refractivity contribution < 1.29 is 0 Å². The van der Waals surface area contributed by atoms with Gasteiger partial charge in [-0.2, -0.15) is 5.10 Å². The van der Waals surface area contributed by atoms with Gasteiger partial charge in [-0.1, -0.05) is 0 Å². The lowest BCUT2D eigenvalue weighted by atomic mass is 10.4. The average molecular weight is 113 g/mol. The predicted molar refractivity (Wildman–Crippen MR) is 33.7 cm³/mol. The Morgan fingerprint density at radius 2 is 2.38 bits per heavy atom. The minimum absolute atomic E-state index is 0.994. The molecule has 0 atom stereocenters. The number of nitrogens with one attached hydrogen (secondary N) is 1. The quantitative estimate of drug-likeness (QED) is 0.473. The zero-order chi connectivity index (χ0) is 5.98. The number of rotatable bonds is 0. The average Bonchev–Trinajstić information content (AvgIpc) is 2.12. The zero-order valence-electron chi connectivity index (χ0n) is 5.31. The Labute approximate surface area is 49.4 Å². The van der Waals surface area contributed by atoms with Crippen LogP contribution in [0.15, 0.2) is 5.10 Å². The van der Waals surface area contributed by atoms with E-state index in [0.717, 1.165) is 18.8 Å². The van der Waals surface area contributed by atoms with E-state index < -0.39 is 0 Å². The molecule has 3 heteroatoms. The second-order valence-corrected chi connectivity index (χ2v) is 2.08. The van der Waals surface area contributed by atoms with E-state index in [-0.39, 0.29) is 0 Å². The van der Waals surface area contributed by atoms with Crippen LogP contribution in [-0.2, 0) is 0 Å². The molecule has 1 aliphatic rings. The van der Waals surface area contributed by atoms with Crippen molar-refractivity contribution in [2.24, 2.45) is 5.10 Å². The summed E-state index contributed by atoms with van der Waals surface area (Å²) in [6.07, 6.45) is 1.06. The summed E-state index contributed by atoms with van der Waals surface area (Å²) in [6, 6.07) is 0. The number of hydrogen-bond acceptors (Lipinski definition) is 3. The topological polar surface area (TPSA) is 27.6 Å². The van der Waals surface area contributed by atoms with Crippen LogP contribution in [0, 0.1) is 0 Å². The maximum absolute atomic E-state index is 4.03. The first-order chi connectivity index (χ1) is 3.80. The zero-order valence-corrected chi connectivity index (χ0v) is 5.31. The molecule has 0 aromatic carbocycles. The number of amidine groups is 1. The number of hydrazone groups is 1. The molecular formula is C5H11N3. The van der Waals surface area contributed by atoms with Gasteiger partial charge in [-0.25, -0.2) is 0 Å². The van der Waals surface area contributed by atoms with Crippen LogP contribution >= 0.6 is 0 Å². The minimum Gasteiger partial charge on any atom is -0.365 e. The summed E-state index contributed by atoms with van der Waals surface area (Å²) in [7, 11) is 4.01. The van der Waals surface area contributed by atoms with Gasteiger partial charge < -0.3 is 10.3 Å². The fraction of sp³-hybridized carbons (Fsp3) is 0.800. The van der Waals surface area contributed by atoms with Gasteiger partial charge in [0.15, 0.2) is 0 Å². The molecule has 1 rings (SSSR count). The Bertz CT molecular complexity index is 106. The highest BCUT2D eigenvalue weighted by molar-refractivity contribution is 5.82. The fourth-order valence-electron chi connectivity index (χ4n) is 0.694.